The fourth-order valence-electron chi connectivity index (χ4n) is 2.72. The number of nitriles is 1. The summed E-state index contributed by atoms with van der Waals surface area (Å²) in [5, 5.41) is 9.69. The van der Waals surface area contributed by atoms with E-state index in [1.165, 1.54) is 0 Å². The largest absolute Gasteiger partial charge is 0.424 e. The van der Waals surface area contributed by atoms with Crippen molar-refractivity contribution in [3.63, 3.8) is 0 Å². The van der Waals surface area contributed by atoms with E-state index in [4.69, 9.17) is 27.3 Å². The molecule has 0 aliphatic heterocycles. The van der Waals surface area contributed by atoms with E-state index in [0.29, 0.717) is 28.5 Å². The molecule has 0 amide bonds. The second-order valence-corrected chi connectivity index (χ2v) is 6.07. The van der Waals surface area contributed by atoms with Crippen LogP contribution in [0.4, 0.5) is 0 Å². The lowest BCUT2D eigenvalue weighted by atomic mass is 10.1. The van der Waals surface area contributed by atoms with Gasteiger partial charge in [0.25, 0.3) is 0 Å². The molecule has 2 aromatic rings. The zero-order valence-electron chi connectivity index (χ0n) is 13.5. The van der Waals surface area contributed by atoms with E-state index in [9.17, 15) is 0 Å². The summed E-state index contributed by atoms with van der Waals surface area (Å²) in [6.45, 7) is 3.92. The number of ether oxygens (including phenoxy) is 1. The van der Waals surface area contributed by atoms with Gasteiger partial charge < -0.3 is 10.5 Å². The van der Waals surface area contributed by atoms with Crippen molar-refractivity contribution in [2.75, 3.05) is 0 Å². The normalized spacial score (nSPS) is 14.3. The Morgan fingerprint density at radius 1 is 1.42 bits per heavy atom. The van der Waals surface area contributed by atoms with Crippen LogP contribution in [0.3, 0.4) is 0 Å². The lowest BCUT2D eigenvalue weighted by Gasteiger charge is -2.13. The first-order valence-corrected chi connectivity index (χ1v) is 8.13. The van der Waals surface area contributed by atoms with E-state index in [1.54, 1.807) is 24.3 Å². The van der Waals surface area contributed by atoms with Gasteiger partial charge in [-0.25, -0.2) is 0 Å². The minimum absolute atomic E-state index is 0.220. The number of fused-ring (bicyclic) bond motifs is 1. The fraction of sp³-hybridized carbons (Fsp3) is 0.278. The van der Waals surface area contributed by atoms with Crippen molar-refractivity contribution < 1.29 is 4.74 Å². The first kappa shape index (κ1) is 16.4. The number of rotatable bonds is 4. The van der Waals surface area contributed by atoms with Crippen LogP contribution in [0.2, 0.25) is 0 Å². The Bertz CT molecular complexity index is 868. The molecule has 0 fully saturated rings. The molecule has 2 N–H and O–H groups in total. The number of nitrogens with zero attached hydrogens (tertiary/aromatic N) is 3. The summed E-state index contributed by atoms with van der Waals surface area (Å²) in [4.78, 5) is 8.95. The Labute approximate surface area is 145 Å². The minimum atomic E-state index is -0.292. The Hall–Kier alpha value is -2.42. The summed E-state index contributed by atoms with van der Waals surface area (Å²) in [6, 6.07) is 8.87. The third-order valence-corrected chi connectivity index (χ3v) is 4.39. The number of allylic oxidation sites excluding steroid dienone is 1. The van der Waals surface area contributed by atoms with Gasteiger partial charge in [0, 0.05) is 18.0 Å². The number of halogens is 1. The molecule has 1 aromatic carbocycles. The van der Waals surface area contributed by atoms with Crippen LogP contribution in [0.1, 0.15) is 48.8 Å². The topological polar surface area (TPSA) is 84.8 Å². The number of benzene rings is 1. The molecule has 5 nitrogen and oxygen atoms in total. The van der Waals surface area contributed by atoms with Gasteiger partial charge >= 0.3 is 6.01 Å². The van der Waals surface area contributed by atoms with Crippen LogP contribution in [0, 0.1) is 11.3 Å². The monoisotopic (exact) mass is 340 g/mol. The molecule has 0 saturated heterocycles. The highest BCUT2D eigenvalue weighted by Gasteiger charge is 2.27. The molecule has 1 atom stereocenters. The van der Waals surface area contributed by atoms with Crippen LogP contribution in [0.25, 0.3) is 5.03 Å². The summed E-state index contributed by atoms with van der Waals surface area (Å²) in [6.07, 6.45) is 1.54. The first-order valence-electron chi connectivity index (χ1n) is 7.75. The molecule has 24 heavy (non-hydrogen) atoms. The van der Waals surface area contributed by atoms with Gasteiger partial charge in [-0.3, -0.25) is 0 Å². The Kier molecular flexibility index (Phi) is 4.52. The second-order valence-electron chi connectivity index (χ2n) is 5.69. The maximum absolute atomic E-state index is 8.98. The Morgan fingerprint density at radius 3 is 2.88 bits per heavy atom. The van der Waals surface area contributed by atoms with Crippen LogP contribution in [0.5, 0.6) is 11.8 Å². The molecule has 1 heterocycles. The van der Waals surface area contributed by atoms with Crippen LogP contribution in [-0.4, -0.2) is 9.97 Å². The van der Waals surface area contributed by atoms with Crippen molar-refractivity contribution in [1.82, 2.24) is 9.97 Å². The minimum Gasteiger partial charge on any atom is -0.424 e. The van der Waals surface area contributed by atoms with Crippen LogP contribution in [0.15, 0.2) is 29.8 Å². The molecule has 6 heteroatoms. The molecule has 0 radical (unpaired) electrons. The van der Waals surface area contributed by atoms with Gasteiger partial charge in [-0.05, 0) is 37.1 Å². The molecule has 0 saturated carbocycles. The summed E-state index contributed by atoms with van der Waals surface area (Å²) in [5.74, 6) is 0.511. The molecule has 1 unspecified atom stereocenters. The van der Waals surface area contributed by atoms with E-state index in [1.807, 2.05) is 6.92 Å². The summed E-state index contributed by atoms with van der Waals surface area (Å²) in [7, 11) is 0. The summed E-state index contributed by atoms with van der Waals surface area (Å²) < 4.78 is 5.75. The lowest BCUT2D eigenvalue weighted by molar-refractivity contribution is 0.435. The van der Waals surface area contributed by atoms with E-state index < -0.39 is 0 Å². The van der Waals surface area contributed by atoms with E-state index in [0.717, 1.165) is 23.3 Å². The molecule has 1 aliphatic rings. The molecule has 0 spiro atoms. The predicted octanol–water partition coefficient (Wildman–Crippen LogP) is 4.08. The molecule has 122 valence electrons. The van der Waals surface area contributed by atoms with Crippen molar-refractivity contribution in [3.8, 4) is 17.8 Å². The van der Waals surface area contributed by atoms with Crippen molar-refractivity contribution in [1.29, 1.82) is 5.26 Å². The number of hydrogen-bond acceptors (Lipinski definition) is 5. The maximum atomic E-state index is 8.98. The highest BCUT2D eigenvalue weighted by molar-refractivity contribution is 6.50. The highest BCUT2D eigenvalue weighted by atomic mass is 35.5. The van der Waals surface area contributed by atoms with Crippen LogP contribution >= 0.6 is 11.6 Å². The lowest BCUT2D eigenvalue weighted by Crippen LogP contribution is -2.12. The molecule has 1 aliphatic carbocycles. The van der Waals surface area contributed by atoms with E-state index in [-0.39, 0.29) is 12.1 Å². The van der Waals surface area contributed by atoms with Gasteiger partial charge in [-0.15, -0.1) is 0 Å². The standard InChI is InChI=1S/C18H17ClN4O/c1-3-12-8-14-15(16(12)19)17(10(2)21)23-18(22-14)24-13-6-4-5-11(7-13)9-20/h4-7,10H,3,8,21H2,1-2H3. The van der Waals surface area contributed by atoms with Gasteiger partial charge in [0.1, 0.15) is 5.75 Å². The number of nitrogens with two attached hydrogens (primary N) is 1. The van der Waals surface area contributed by atoms with Crippen molar-refractivity contribution >= 4 is 16.6 Å². The average Bonchev–Trinajstić information content (AvgIpc) is 2.90. The molecule has 1 aromatic heterocycles. The SMILES string of the molecule is CCC1=C(Cl)c2c(nc(Oc3cccc(C#N)c3)nc2C(C)N)C1. The quantitative estimate of drug-likeness (QED) is 0.906. The smallest absolute Gasteiger partial charge is 0.322 e. The molecule has 3 rings (SSSR count). The van der Waals surface area contributed by atoms with Crippen molar-refractivity contribution in [2.45, 2.75) is 32.7 Å². The zero-order chi connectivity index (χ0) is 17.3. The third kappa shape index (κ3) is 2.99. The van der Waals surface area contributed by atoms with Gasteiger partial charge in [-0.2, -0.15) is 15.2 Å². The van der Waals surface area contributed by atoms with Crippen LogP contribution in [-0.2, 0) is 6.42 Å². The molecular formula is C18H17ClN4O. The second kappa shape index (κ2) is 6.60. The van der Waals surface area contributed by atoms with Crippen molar-refractivity contribution in [2.24, 2.45) is 5.73 Å². The van der Waals surface area contributed by atoms with E-state index in [2.05, 4.69) is 23.0 Å². The van der Waals surface area contributed by atoms with Gasteiger partial charge in [-0.1, -0.05) is 24.6 Å². The van der Waals surface area contributed by atoms with Gasteiger partial charge in [0.05, 0.1) is 28.1 Å². The van der Waals surface area contributed by atoms with Crippen LogP contribution < -0.4 is 10.5 Å². The number of hydrogen-bond donors (Lipinski definition) is 1. The van der Waals surface area contributed by atoms with Crippen molar-refractivity contribution in [3.05, 3.63) is 52.4 Å². The third-order valence-electron chi connectivity index (χ3n) is 3.93. The molecule has 0 bridgehead atoms. The average molecular weight is 341 g/mol. The number of aromatic nitrogens is 2. The molecular weight excluding hydrogens is 324 g/mol. The Morgan fingerprint density at radius 2 is 2.21 bits per heavy atom. The van der Waals surface area contributed by atoms with Gasteiger partial charge in [0.15, 0.2) is 0 Å². The predicted molar refractivity (Wildman–Crippen MR) is 92.6 cm³/mol. The summed E-state index contributed by atoms with van der Waals surface area (Å²) in [5.41, 5.74) is 10.1. The maximum Gasteiger partial charge on any atom is 0.322 e. The van der Waals surface area contributed by atoms with Gasteiger partial charge in [0.2, 0.25) is 0 Å². The fourth-order valence-corrected chi connectivity index (χ4v) is 3.12. The van der Waals surface area contributed by atoms with E-state index >= 15 is 0 Å². The zero-order valence-corrected chi connectivity index (χ0v) is 14.3. The summed E-state index contributed by atoms with van der Waals surface area (Å²) >= 11 is 6.48. The highest BCUT2D eigenvalue weighted by Crippen LogP contribution is 2.40. The first-order chi connectivity index (χ1) is 11.5. The Balaban J connectivity index is 2.01.